The summed E-state index contributed by atoms with van der Waals surface area (Å²) in [6.07, 6.45) is 5.05. The van der Waals surface area contributed by atoms with Crippen molar-refractivity contribution in [2.75, 3.05) is 5.73 Å². The molecule has 0 aliphatic heterocycles. The van der Waals surface area contributed by atoms with Crippen LogP contribution in [0.15, 0.2) is 47.8 Å². The van der Waals surface area contributed by atoms with Crippen LogP contribution in [-0.2, 0) is 0 Å². The van der Waals surface area contributed by atoms with Crippen molar-refractivity contribution in [3.05, 3.63) is 48.3 Å². The molecule has 0 unspecified atom stereocenters. The summed E-state index contributed by atoms with van der Waals surface area (Å²) in [6, 6.07) is 9.81. The maximum absolute atomic E-state index is 5.54. The normalized spacial score (nSPS) is 10.9. The highest BCUT2D eigenvalue weighted by molar-refractivity contribution is 5.79. The zero-order valence-corrected chi connectivity index (χ0v) is 7.54. The molecular formula is C10H10N4. The molecule has 0 saturated heterocycles. The molecule has 0 aliphatic carbocycles. The number of rotatable bonds is 2. The number of nitrogens with zero attached hydrogens (tertiary/aromatic N) is 3. The van der Waals surface area contributed by atoms with E-state index in [0.29, 0.717) is 5.95 Å². The lowest BCUT2D eigenvalue weighted by Crippen LogP contribution is -1.96. The fourth-order valence-corrected chi connectivity index (χ4v) is 1.07. The smallest absolute Gasteiger partial charge is 0.221 e. The van der Waals surface area contributed by atoms with Crippen LogP contribution in [0.1, 0.15) is 5.56 Å². The quantitative estimate of drug-likeness (QED) is 0.720. The van der Waals surface area contributed by atoms with Crippen LogP contribution < -0.4 is 5.73 Å². The first kappa shape index (κ1) is 8.50. The molecule has 2 N–H and O–H groups in total. The molecule has 1 aromatic heterocycles. The highest BCUT2D eigenvalue weighted by atomic mass is 15.4. The first-order chi connectivity index (χ1) is 6.86. The van der Waals surface area contributed by atoms with E-state index in [-0.39, 0.29) is 0 Å². The second-order valence-electron chi connectivity index (χ2n) is 2.79. The zero-order valence-electron chi connectivity index (χ0n) is 7.54. The van der Waals surface area contributed by atoms with Crippen molar-refractivity contribution >= 4 is 12.2 Å². The third kappa shape index (κ3) is 1.80. The van der Waals surface area contributed by atoms with Gasteiger partial charge in [-0.25, -0.2) is 9.66 Å². The first-order valence-corrected chi connectivity index (χ1v) is 4.24. The molecule has 0 saturated carbocycles. The minimum atomic E-state index is 0.386. The second kappa shape index (κ2) is 3.74. The van der Waals surface area contributed by atoms with E-state index in [0.717, 1.165) is 5.56 Å². The fourth-order valence-electron chi connectivity index (χ4n) is 1.07. The molecule has 0 amide bonds. The van der Waals surface area contributed by atoms with Crippen molar-refractivity contribution in [2.24, 2.45) is 5.10 Å². The Morgan fingerprint density at radius 3 is 2.71 bits per heavy atom. The largest absolute Gasteiger partial charge is 0.368 e. The lowest BCUT2D eigenvalue weighted by molar-refractivity contribution is 0.898. The molecule has 2 rings (SSSR count). The predicted molar refractivity (Wildman–Crippen MR) is 56.1 cm³/mol. The van der Waals surface area contributed by atoms with Gasteiger partial charge in [-0.05, 0) is 5.56 Å². The number of hydrogen-bond donors (Lipinski definition) is 1. The maximum atomic E-state index is 5.54. The van der Waals surface area contributed by atoms with Gasteiger partial charge in [0.05, 0.1) is 12.4 Å². The number of nitrogen functional groups attached to an aromatic ring is 1. The van der Waals surface area contributed by atoms with Gasteiger partial charge in [0.1, 0.15) is 0 Å². The molecular weight excluding hydrogens is 176 g/mol. The monoisotopic (exact) mass is 186 g/mol. The van der Waals surface area contributed by atoms with Crippen molar-refractivity contribution in [3.63, 3.8) is 0 Å². The lowest BCUT2D eigenvalue weighted by Gasteiger charge is -1.94. The zero-order chi connectivity index (χ0) is 9.80. The van der Waals surface area contributed by atoms with Crippen molar-refractivity contribution in [2.45, 2.75) is 0 Å². The van der Waals surface area contributed by atoms with Gasteiger partial charge < -0.3 is 5.73 Å². The lowest BCUT2D eigenvalue weighted by atomic mass is 10.2. The predicted octanol–water partition coefficient (Wildman–Crippen LogP) is 1.35. The molecule has 0 atom stereocenters. The summed E-state index contributed by atoms with van der Waals surface area (Å²) in [7, 11) is 0. The Morgan fingerprint density at radius 2 is 2.07 bits per heavy atom. The van der Waals surface area contributed by atoms with Crippen LogP contribution in [0.4, 0.5) is 5.95 Å². The molecule has 14 heavy (non-hydrogen) atoms. The topological polar surface area (TPSA) is 56.2 Å². The minimum Gasteiger partial charge on any atom is -0.368 e. The van der Waals surface area contributed by atoms with Gasteiger partial charge >= 0.3 is 0 Å². The minimum absolute atomic E-state index is 0.386. The van der Waals surface area contributed by atoms with Gasteiger partial charge in [-0.1, -0.05) is 30.3 Å². The summed E-state index contributed by atoms with van der Waals surface area (Å²) in [4.78, 5) is 3.86. The van der Waals surface area contributed by atoms with Crippen LogP contribution >= 0.6 is 0 Å². The third-order valence-corrected chi connectivity index (χ3v) is 1.78. The van der Waals surface area contributed by atoms with Gasteiger partial charge in [-0.2, -0.15) is 5.10 Å². The van der Waals surface area contributed by atoms with E-state index in [1.165, 1.54) is 4.68 Å². The van der Waals surface area contributed by atoms with Crippen molar-refractivity contribution < 1.29 is 0 Å². The van der Waals surface area contributed by atoms with Crippen molar-refractivity contribution in [1.82, 2.24) is 9.66 Å². The standard InChI is InChI=1S/C10H10N4/c11-10-12-6-7-14(10)13-8-9-4-2-1-3-5-9/h1-8H,(H2,11,12)/b13-8+. The van der Waals surface area contributed by atoms with E-state index >= 15 is 0 Å². The average Bonchev–Trinajstić information content (AvgIpc) is 2.63. The van der Waals surface area contributed by atoms with Crippen LogP contribution in [0.25, 0.3) is 0 Å². The molecule has 0 spiro atoms. The summed E-state index contributed by atoms with van der Waals surface area (Å²) in [6.45, 7) is 0. The van der Waals surface area contributed by atoms with Crippen molar-refractivity contribution in [3.8, 4) is 0 Å². The highest BCUT2D eigenvalue weighted by Gasteiger charge is 1.92. The first-order valence-electron chi connectivity index (χ1n) is 4.24. The summed E-state index contributed by atoms with van der Waals surface area (Å²) >= 11 is 0. The highest BCUT2D eigenvalue weighted by Crippen LogP contribution is 1.99. The number of nitrogens with two attached hydrogens (primary N) is 1. The van der Waals surface area contributed by atoms with E-state index in [2.05, 4.69) is 10.1 Å². The van der Waals surface area contributed by atoms with Gasteiger partial charge in [-0.3, -0.25) is 0 Å². The van der Waals surface area contributed by atoms with Crippen LogP contribution in [-0.4, -0.2) is 15.9 Å². The molecule has 1 aromatic carbocycles. The summed E-state index contributed by atoms with van der Waals surface area (Å²) in [5.41, 5.74) is 6.57. The number of imidazole rings is 1. The van der Waals surface area contributed by atoms with E-state index in [4.69, 9.17) is 5.73 Å². The van der Waals surface area contributed by atoms with Crippen molar-refractivity contribution in [1.29, 1.82) is 0 Å². The maximum Gasteiger partial charge on any atom is 0.221 e. The van der Waals surface area contributed by atoms with E-state index in [1.807, 2.05) is 30.3 Å². The van der Waals surface area contributed by atoms with E-state index in [1.54, 1.807) is 18.6 Å². The Hall–Kier alpha value is -2.10. The molecule has 4 nitrogen and oxygen atoms in total. The summed E-state index contributed by atoms with van der Waals surface area (Å²) in [5.74, 6) is 0.386. The molecule has 2 aromatic rings. The van der Waals surface area contributed by atoms with E-state index < -0.39 is 0 Å². The Kier molecular flexibility index (Phi) is 2.27. The SMILES string of the molecule is Nc1nccn1/N=C/c1ccccc1. The van der Waals surface area contributed by atoms with Gasteiger partial charge in [0.2, 0.25) is 5.95 Å². The second-order valence-corrected chi connectivity index (χ2v) is 2.79. The van der Waals surface area contributed by atoms with Crippen LogP contribution in [0, 0.1) is 0 Å². The molecule has 0 bridgehead atoms. The Bertz CT molecular complexity index is 430. The summed E-state index contributed by atoms with van der Waals surface area (Å²) < 4.78 is 1.52. The van der Waals surface area contributed by atoms with E-state index in [9.17, 15) is 0 Å². The van der Waals surface area contributed by atoms with Crippen LogP contribution in [0.2, 0.25) is 0 Å². The Morgan fingerprint density at radius 1 is 1.29 bits per heavy atom. The molecule has 1 heterocycles. The molecule has 0 radical (unpaired) electrons. The molecule has 0 fully saturated rings. The Labute approximate surface area is 81.7 Å². The molecule has 0 aliphatic rings. The number of anilines is 1. The third-order valence-electron chi connectivity index (χ3n) is 1.78. The fraction of sp³-hybridized carbons (Fsp3) is 0. The van der Waals surface area contributed by atoms with Gasteiger partial charge in [0.25, 0.3) is 0 Å². The van der Waals surface area contributed by atoms with Gasteiger partial charge in [0.15, 0.2) is 0 Å². The number of benzene rings is 1. The van der Waals surface area contributed by atoms with Crippen LogP contribution in [0.5, 0.6) is 0 Å². The molecule has 4 heteroatoms. The van der Waals surface area contributed by atoms with Crippen LogP contribution in [0.3, 0.4) is 0 Å². The summed E-state index contributed by atoms with van der Waals surface area (Å²) in [5, 5.41) is 4.14. The Balaban J connectivity index is 2.20. The number of hydrogen-bond acceptors (Lipinski definition) is 3. The average molecular weight is 186 g/mol. The van der Waals surface area contributed by atoms with Gasteiger partial charge in [0, 0.05) is 6.20 Å². The van der Waals surface area contributed by atoms with Gasteiger partial charge in [-0.15, -0.1) is 0 Å². The molecule has 70 valence electrons. The number of aromatic nitrogens is 2.